The van der Waals surface area contributed by atoms with E-state index in [1.54, 1.807) is 6.07 Å². The fourth-order valence-corrected chi connectivity index (χ4v) is 1.57. The Hall–Kier alpha value is -2.62. The van der Waals surface area contributed by atoms with Crippen LogP contribution in [0.5, 0.6) is 0 Å². The zero-order valence-corrected chi connectivity index (χ0v) is 11.0. The molecular formula is C13H14FN3O3. The predicted octanol–water partition coefficient (Wildman–Crippen LogP) is 2.07. The lowest BCUT2D eigenvalue weighted by Crippen LogP contribution is -2.46. The third-order valence-electron chi connectivity index (χ3n) is 2.39. The van der Waals surface area contributed by atoms with Crippen molar-refractivity contribution in [3.63, 3.8) is 0 Å². The normalized spacial score (nSPS) is 10.5. The monoisotopic (exact) mass is 279 g/mol. The Morgan fingerprint density at radius 2 is 2.10 bits per heavy atom. The van der Waals surface area contributed by atoms with E-state index in [4.69, 9.17) is 10.4 Å². The Labute approximate surface area is 115 Å². The maximum Gasteiger partial charge on any atom is 0.319 e. The largest absolute Gasteiger partial charge is 0.481 e. The van der Waals surface area contributed by atoms with Crippen molar-refractivity contribution < 1.29 is 19.1 Å². The van der Waals surface area contributed by atoms with Crippen LogP contribution in [0, 0.1) is 17.1 Å². The van der Waals surface area contributed by atoms with Gasteiger partial charge in [-0.25, -0.2) is 9.18 Å². The molecule has 1 aromatic rings. The first-order valence-electron chi connectivity index (χ1n) is 5.74. The van der Waals surface area contributed by atoms with Gasteiger partial charge in [-0.05, 0) is 32.0 Å². The summed E-state index contributed by atoms with van der Waals surface area (Å²) in [6.07, 6.45) is -0.268. The van der Waals surface area contributed by atoms with E-state index in [2.05, 4.69) is 10.6 Å². The molecule has 7 heteroatoms. The minimum atomic E-state index is -1.06. The molecule has 0 fully saturated rings. The van der Waals surface area contributed by atoms with Gasteiger partial charge in [-0.1, -0.05) is 0 Å². The number of nitrogens with zero attached hydrogens (tertiary/aromatic N) is 1. The number of carboxylic acid groups (broad SMARTS) is 1. The molecule has 0 aliphatic carbocycles. The number of nitrogens with one attached hydrogen (secondary N) is 2. The maximum absolute atomic E-state index is 13.6. The van der Waals surface area contributed by atoms with E-state index in [1.165, 1.54) is 26.0 Å². The van der Waals surface area contributed by atoms with Crippen molar-refractivity contribution >= 4 is 17.7 Å². The molecule has 3 N–H and O–H groups in total. The van der Waals surface area contributed by atoms with Crippen molar-refractivity contribution in [1.82, 2.24) is 5.32 Å². The third kappa shape index (κ3) is 4.57. The van der Waals surface area contributed by atoms with Crippen LogP contribution in [-0.4, -0.2) is 22.6 Å². The summed E-state index contributed by atoms with van der Waals surface area (Å²) in [7, 11) is 0. The highest BCUT2D eigenvalue weighted by molar-refractivity contribution is 5.90. The lowest BCUT2D eigenvalue weighted by Gasteiger charge is -2.24. The topological polar surface area (TPSA) is 102 Å². The second-order valence-electron chi connectivity index (χ2n) is 4.84. The van der Waals surface area contributed by atoms with Crippen molar-refractivity contribution in [2.45, 2.75) is 25.8 Å². The summed E-state index contributed by atoms with van der Waals surface area (Å²) < 4.78 is 13.6. The molecule has 0 radical (unpaired) electrons. The van der Waals surface area contributed by atoms with Crippen molar-refractivity contribution in [2.24, 2.45) is 0 Å². The van der Waals surface area contributed by atoms with E-state index < -0.39 is 23.4 Å². The molecule has 0 spiro atoms. The second kappa shape index (κ2) is 6.02. The fraction of sp³-hybridized carbons (Fsp3) is 0.308. The molecule has 6 nitrogen and oxygen atoms in total. The zero-order valence-electron chi connectivity index (χ0n) is 11.0. The van der Waals surface area contributed by atoms with Gasteiger partial charge in [0.05, 0.1) is 23.7 Å². The lowest BCUT2D eigenvalue weighted by molar-refractivity contribution is -0.138. The molecule has 2 amide bonds. The minimum absolute atomic E-state index is 0.0902. The van der Waals surface area contributed by atoms with Crippen LogP contribution in [0.3, 0.4) is 0 Å². The summed E-state index contributed by atoms with van der Waals surface area (Å²) in [4.78, 5) is 22.3. The summed E-state index contributed by atoms with van der Waals surface area (Å²) in [5, 5.41) is 22.0. The van der Waals surface area contributed by atoms with E-state index in [-0.39, 0.29) is 17.7 Å². The summed E-state index contributed by atoms with van der Waals surface area (Å²) in [6, 6.07) is 4.67. The van der Waals surface area contributed by atoms with Crippen molar-refractivity contribution in [1.29, 1.82) is 5.26 Å². The van der Waals surface area contributed by atoms with Crippen LogP contribution in [0.1, 0.15) is 25.8 Å². The van der Waals surface area contributed by atoms with Gasteiger partial charge in [0.25, 0.3) is 0 Å². The molecule has 0 aliphatic heterocycles. The Morgan fingerprint density at radius 3 is 2.60 bits per heavy atom. The van der Waals surface area contributed by atoms with Crippen molar-refractivity contribution in [3.05, 3.63) is 29.6 Å². The summed E-state index contributed by atoms with van der Waals surface area (Å²) >= 11 is 0. The van der Waals surface area contributed by atoms with Gasteiger partial charge in [-0.3, -0.25) is 4.79 Å². The minimum Gasteiger partial charge on any atom is -0.481 e. The van der Waals surface area contributed by atoms with E-state index in [1.807, 2.05) is 0 Å². The molecule has 0 unspecified atom stereocenters. The average Bonchev–Trinajstić information content (AvgIpc) is 2.29. The van der Waals surface area contributed by atoms with Crippen LogP contribution in [0.15, 0.2) is 18.2 Å². The summed E-state index contributed by atoms with van der Waals surface area (Å²) in [5.41, 5.74) is -0.925. The highest BCUT2D eigenvalue weighted by Crippen LogP contribution is 2.16. The second-order valence-corrected chi connectivity index (χ2v) is 4.84. The van der Waals surface area contributed by atoms with Crippen LogP contribution < -0.4 is 10.6 Å². The number of anilines is 1. The maximum atomic E-state index is 13.6. The van der Waals surface area contributed by atoms with Crippen molar-refractivity contribution in [3.8, 4) is 6.07 Å². The van der Waals surface area contributed by atoms with E-state index in [0.717, 1.165) is 6.07 Å². The standard InChI is InChI=1S/C13H14FN3O3/c1-13(2,6-11(18)19)17-12(20)16-10-4-3-8(7-15)5-9(10)14/h3-5H,6H2,1-2H3,(H,18,19)(H2,16,17,20). The first-order valence-corrected chi connectivity index (χ1v) is 5.74. The molecule has 0 atom stereocenters. The first kappa shape index (κ1) is 15.4. The van der Waals surface area contributed by atoms with Gasteiger partial charge < -0.3 is 15.7 Å². The van der Waals surface area contributed by atoms with Crippen LogP contribution in [-0.2, 0) is 4.79 Å². The molecule has 0 saturated carbocycles. The van der Waals surface area contributed by atoms with E-state index in [9.17, 15) is 14.0 Å². The SMILES string of the molecule is CC(C)(CC(=O)O)NC(=O)Nc1ccc(C#N)cc1F. The number of hydrogen-bond donors (Lipinski definition) is 3. The molecule has 1 rings (SSSR count). The van der Waals surface area contributed by atoms with Crippen molar-refractivity contribution in [2.75, 3.05) is 5.32 Å². The van der Waals surface area contributed by atoms with E-state index >= 15 is 0 Å². The lowest BCUT2D eigenvalue weighted by atomic mass is 10.0. The number of hydrogen-bond acceptors (Lipinski definition) is 3. The van der Waals surface area contributed by atoms with E-state index in [0.29, 0.717) is 0 Å². The molecule has 0 aliphatic rings. The molecule has 0 saturated heterocycles. The Balaban J connectivity index is 2.72. The number of aliphatic carboxylic acids is 1. The number of urea groups is 1. The molecule has 0 aromatic heterocycles. The molecule has 106 valence electrons. The van der Waals surface area contributed by atoms with Crippen LogP contribution in [0.4, 0.5) is 14.9 Å². The van der Waals surface area contributed by atoms with Crippen LogP contribution >= 0.6 is 0 Å². The molecule has 0 bridgehead atoms. The van der Waals surface area contributed by atoms with Crippen LogP contribution in [0.2, 0.25) is 0 Å². The number of nitriles is 1. The number of carbonyl (C=O) groups is 2. The first-order chi connectivity index (χ1) is 9.23. The number of rotatable bonds is 4. The highest BCUT2D eigenvalue weighted by atomic mass is 19.1. The third-order valence-corrected chi connectivity index (χ3v) is 2.39. The smallest absolute Gasteiger partial charge is 0.319 e. The number of benzene rings is 1. The molecule has 0 heterocycles. The highest BCUT2D eigenvalue weighted by Gasteiger charge is 2.24. The van der Waals surface area contributed by atoms with Gasteiger partial charge in [-0.2, -0.15) is 5.26 Å². The van der Waals surface area contributed by atoms with Gasteiger partial charge >= 0.3 is 12.0 Å². The molecule has 20 heavy (non-hydrogen) atoms. The Kier molecular flexibility index (Phi) is 4.64. The number of carboxylic acids is 1. The Bertz CT molecular complexity index is 579. The summed E-state index contributed by atoms with van der Waals surface area (Å²) in [5.74, 6) is -1.80. The fourth-order valence-electron chi connectivity index (χ4n) is 1.57. The van der Waals surface area contributed by atoms with Gasteiger partial charge in [-0.15, -0.1) is 0 Å². The predicted molar refractivity (Wildman–Crippen MR) is 69.6 cm³/mol. The van der Waals surface area contributed by atoms with Gasteiger partial charge in [0.1, 0.15) is 5.82 Å². The van der Waals surface area contributed by atoms with Crippen LogP contribution in [0.25, 0.3) is 0 Å². The molecule has 1 aromatic carbocycles. The zero-order chi connectivity index (χ0) is 15.3. The van der Waals surface area contributed by atoms with Gasteiger partial charge in [0.15, 0.2) is 0 Å². The number of halogens is 1. The Morgan fingerprint density at radius 1 is 1.45 bits per heavy atom. The molecular weight excluding hydrogens is 265 g/mol. The quantitative estimate of drug-likeness (QED) is 0.785. The number of carbonyl (C=O) groups excluding carboxylic acids is 1. The summed E-state index contributed by atoms with van der Waals surface area (Å²) in [6.45, 7) is 3.08. The average molecular weight is 279 g/mol. The van der Waals surface area contributed by atoms with Gasteiger partial charge in [0, 0.05) is 5.54 Å². The number of amides is 2. The van der Waals surface area contributed by atoms with Gasteiger partial charge in [0.2, 0.25) is 0 Å².